The van der Waals surface area contributed by atoms with E-state index in [9.17, 15) is 19.3 Å². The molecule has 1 saturated carbocycles. The van der Waals surface area contributed by atoms with Crippen molar-refractivity contribution in [3.05, 3.63) is 39.7 Å². The number of alkyl halides is 1. The summed E-state index contributed by atoms with van der Waals surface area (Å²) in [5, 5.41) is 13.6. The fourth-order valence-corrected chi connectivity index (χ4v) is 3.04. The van der Waals surface area contributed by atoms with Crippen LogP contribution in [0.15, 0.2) is 18.2 Å². The molecule has 5 nitrogen and oxygen atoms in total. The van der Waals surface area contributed by atoms with Crippen LogP contribution in [0.4, 0.5) is 10.1 Å². The van der Waals surface area contributed by atoms with Crippen LogP contribution >= 0.6 is 15.9 Å². The third-order valence-corrected chi connectivity index (χ3v) is 4.64. The quantitative estimate of drug-likeness (QED) is 0.509. The average molecular weight is 359 g/mol. The summed E-state index contributed by atoms with van der Waals surface area (Å²) < 4.78 is 13.2. The second-order valence-corrected chi connectivity index (χ2v) is 6.54. The Bertz CT molecular complexity index is 545. The first-order valence-electron chi connectivity index (χ1n) is 6.83. The van der Waals surface area contributed by atoms with E-state index < -0.39 is 16.6 Å². The summed E-state index contributed by atoms with van der Waals surface area (Å²) in [7, 11) is 0. The molecule has 21 heavy (non-hydrogen) atoms. The first-order chi connectivity index (χ1) is 9.97. The number of hydrogen-bond donors (Lipinski definition) is 1. The summed E-state index contributed by atoms with van der Waals surface area (Å²) in [6, 6.07) is 2.90. The molecule has 0 aromatic heterocycles. The van der Waals surface area contributed by atoms with Gasteiger partial charge in [-0.05, 0) is 43.7 Å². The molecular formula is C14H16BrFN2O3. The standard InChI is InChI=1S/C14H16BrFN2O3/c15-10-3-1-9(2-4-10)8-17-14(19)12-7-11(16)5-6-13(12)18(20)21/h5-7,9-10H,1-4,8H2,(H,17,19). The number of nitrogens with zero attached hydrogens (tertiary/aromatic N) is 1. The van der Waals surface area contributed by atoms with Gasteiger partial charge in [0.05, 0.1) is 4.92 Å². The van der Waals surface area contributed by atoms with Crippen molar-refractivity contribution >= 4 is 27.5 Å². The molecule has 0 unspecified atom stereocenters. The van der Waals surface area contributed by atoms with Crippen LogP contribution in [0, 0.1) is 21.8 Å². The number of carbonyl (C=O) groups excluding carboxylic acids is 1. The lowest BCUT2D eigenvalue weighted by molar-refractivity contribution is -0.385. The van der Waals surface area contributed by atoms with Gasteiger partial charge in [-0.3, -0.25) is 14.9 Å². The van der Waals surface area contributed by atoms with E-state index in [1.165, 1.54) is 0 Å². The Morgan fingerprint density at radius 2 is 2.05 bits per heavy atom. The predicted octanol–water partition coefficient (Wildman–Crippen LogP) is 3.42. The number of nitrogens with one attached hydrogen (secondary N) is 1. The van der Waals surface area contributed by atoms with Crippen molar-refractivity contribution < 1.29 is 14.1 Å². The molecule has 0 atom stereocenters. The molecule has 1 N–H and O–H groups in total. The molecule has 1 aliphatic rings. The average Bonchev–Trinajstić information content (AvgIpc) is 2.46. The molecule has 114 valence electrons. The normalized spacial score (nSPS) is 21.8. The molecule has 0 saturated heterocycles. The molecule has 0 aliphatic heterocycles. The van der Waals surface area contributed by atoms with Crippen LogP contribution in [-0.4, -0.2) is 22.2 Å². The summed E-state index contributed by atoms with van der Waals surface area (Å²) in [5.74, 6) is -0.886. The van der Waals surface area contributed by atoms with E-state index in [1.807, 2.05) is 0 Å². The highest BCUT2D eigenvalue weighted by molar-refractivity contribution is 9.09. The number of amides is 1. The minimum atomic E-state index is -0.676. The van der Waals surface area contributed by atoms with E-state index in [-0.39, 0.29) is 11.3 Å². The van der Waals surface area contributed by atoms with Crippen LogP contribution in [0.25, 0.3) is 0 Å². The van der Waals surface area contributed by atoms with E-state index in [1.54, 1.807) is 0 Å². The van der Waals surface area contributed by atoms with Crippen molar-refractivity contribution in [1.82, 2.24) is 5.32 Å². The minimum Gasteiger partial charge on any atom is -0.352 e. The number of rotatable bonds is 4. The van der Waals surface area contributed by atoms with Crippen LogP contribution in [0.3, 0.4) is 0 Å². The zero-order chi connectivity index (χ0) is 15.4. The van der Waals surface area contributed by atoms with Gasteiger partial charge in [0.2, 0.25) is 0 Å². The molecule has 0 spiro atoms. The highest BCUT2D eigenvalue weighted by Gasteiger charge is 2.23. The molecule has 0 bridgehead atoms. The third-order valence-electron chi connectivity index (χ3n) is 3.73. The van der Waals surface area contributed by atoms with Crippen molar-refractivity contribution in [2.24, 2.45) is 5.92 Å². The van der Waals surface area contributed by atoms with Gasteiger partial charge in [-0.25, -0.2) is 4.39 Å². The van der Waals surface area contributed by atoms with Gasteiger partial charge in [-0.1, -0.05) is 15.9 Å². The van der Waals surface area contributed by atoms with Crippen LogP contribution in [0.1, 0.15) is 36.0 Å². The van der Waals surface area contributed by atoms with Gasteiger partial charge in [-0.15, -0.1) is 0 Å². The Labute approximate surface area is 130 Å². The lowest BCUT2D eigenvalue weighted by Crippen LogP contribution is -2.31. The molecule has 1 fully saturated rings. The van der Waals surface area contributed by atoms with E-state index in [4.69, 9.17) is 0 Å². The summed E-state index contributed by atoms with van der Waals surface area (Å²) in [6.07, 6.45) is 4.12. The number of carbonyl (C=O) groups is 1. The van der Waals surface area contributed by atoms with E-state index in [0.717, 1.165) is 43.9 Å². The number of halogens is 2. The van der Waals surface area contributed by atoms with E-state index >= 15 is 0 Å². The minimum absolute atomic E-state index is 0.228. The van der Waals surface area contributed by atoms with Crippen molar-refractivity contribution in [2.45, 2.75) is 30.5 Å². The zero-order valence-electron chi connectivity index (χ0n) is 11.4. The highest BCUT2D eigenvalue weighted by atomic mass is 79.9. The van der Waals surface area contributed by atoms with Gasteiger partial charge in [0, 0.05) is 17.4 Å². The molecule has 0 heterocycles. The van der Waals surface area contributed by atoms with Gasteiger partial charge in [0.1, 0.15) is 11.4 Å². The van der Waals surface area contributed by atoms with Gasteiger partial charge >= 0.3 is 0 Å². The second-order valence-electron chi connectivity index (χ2n) is 5.25. The van der Waals surface area contributed by atoms with Crippen LogP contribution in [0.5, 0.6) is 0 Å². The lowest BCUT2D eigenvalue weighted by atomic mass is 9.89. The van der Waals surface area contributed by atoms with E-state index in [0.29, 0.717) is 17.3 Å². The maximum absolute atomic E-state index is 13.2. The molecule has 7 heteroatoms. The second kappa shape index (κ2) is 6.98. The number of nitro groups is 1. The zero-order valence-corrected chi connectivity index (χ0v) is 12.9. The first-order valence-corrected chi connectivity index (χ1v) is 7.75. The topological polar surface area (TPSA) is 72.2 Å². The SMILES string of the molecule is O=C(NCC1CCC(Br)CC1)c1cc(F)ccc1[N+](=O)[O-]. The third kappa shape index (κ3) is 4.23. The van der Waals surface area contributed by atoms with Gasteiger partial charge in [0.25, 0.3) is 11.6 Å². The van der Waals surface area contributed by atoms with Crippen molar-refractivity contribution in [3.63, 3.8) is 0 Å². The smallest absolute Gasteiger partial charge is 0.282 e. The Balaban J connectivity index is 2.00. The summed E-state index contributed by atoms with van der Waals surface area (Å²) >= 11 is 3.56. The number of benzene rings is 1. The Morgan fingerprint density at radius 1 is 1.38 bits per heavy atom. The van der Waals surface area contributed by atoms with Crippen molar-refractivity contribution in [2.75, 3.05) is 6.54 Å². The van der Waals surface area contributed by atoms with Gasteiger partial charge < -0.3 is 5.32 Å². The maximum atomic E-state index is 13.2. The first kappa shape index (κ1) is 15.9. The molecule has 1 aliphatic carbocycles. The monoisotopic (exact) mass is 358 g/mol. The Hall–Kier alpha value is -1.50. The lowest BCUT2D eigenvalue weighted by Gasteiger charge is -2.25. The fraction of sp³-hybridized carbons (Fsp3) is 0.500. The molecule has 1 aromatic rings. The van der Waals surface area contributed by atoms with Crippen LogP contribution < -0.4 is 5.32 Å². The molecule has 0 radical (unpaired) electrons. The summed E-state index contributed by atoms with van der Waals surface area (Å²) in [6.45, 7) is 0.465. The van der Waals surface area contributed by atoms with Gasteiger partial charge in [0.15, 0.2) is 0 Å². The number of hydrogen-bond acceptors (Lipinski definition) is 3. The molecule has 1 aromatic carbocycles. The summed E-state index contributed by atoms with van der Waals surface area (Å²) in [4.78, 5) is 22.8. The molecular weight excluding hydrogens is 343 g/mol. The fourth-order valence-electron chi connectivity index (χ4n) is 2.51. The molecule has 2 rings (SSSR count). The largest absolute Gasteiger partial charge is 0.352 e. The summed E-state index contributed by atoms with van der Waals surface area (Å²) in [5.41, 5.74) is -0.604. The number of nitro benzene ring substituents is 1. The Morgan fingerprint density at radius 3 is 2.67 bits per heavy atom. The predicted molar refractivity (Wildman–Crippen MR) is 80.1 cm³/mol. The van der Waals surface area contributed by atoms with Crippen LogP contribution in [0.2, 0.25) is 0 Å². The maximum Gasteiger partial charge on any atom is 0.282 e. The van der Waals surface area contributed by atoms with Crippen molar-refractivity contribution in [1.29, 1.82) is 0 Å². The Kier molecular flexibility index (Phi) is 5.27. The van der Waals surface area contributed by atoms with Crippen LogP contribution in [-0.2, 0) is 0 Å². The van der Waals surface area contributed by atoms with Gasteiger partial charge in [-0.2, -0.15) is 0 Å². The molecule has 1 amide bonds. The van der Waals surface area contributed by atoms with E-state index in [2.05, 4.69) is 21.2 Å². The highest BCUT2D eigenvalue weighted by Crippen LogP contribution is 2.28. The van der Waals surface area contributed by atoms with Crippen molar-refractivity contribution in [3.8, 4) is 0 Å².